The third kappa shape index (κ3) is 2.28. The highest BCUT2D eigenvalue weighted by Gasteiger charge is 2.08. The van der Waals surface area contributed by atoms with Crippen molar-refractivity contribution in [3.63, 3.8) is 0 Å². The van der Waals surface area contributed by atoms with Gasteiger partial charge in [0.25, 0.3) is 0 Å². The molecule has 17 heavy (non-hydrogen) atoms. The van der Waals surface area contributed by atoms with Crippen molar-refractivity contribution in [3.8, 4) is 23.1 Å². The summed E-state index contributed by atoms with van der Waals surface area (Å²) in [5.74, 6) is 1.52. The highest BCUT2D eigenvalue weighted by Crippen LogP contribution is 2.23. The fourth-order valence-corrected chi connectivity index (χ4v) is 1.71. The van der Waals surface area contributed by atoms with Gasteiger partial charge < -0.3 is 9.72 Å². The molecule has 1 N–H and O–H groups in total. The van der Waals surface area contributed by atoms with Gasteiger partial charge in [0, 0.05) is 11.3 Å². The monoisotopic (exact) mass is 227 g/mol. The van der Waals surface area contributed by atoms with Crippen LogP contribution in [0.15, 0.2) is 24.3 Å². The van der Waals surface area contributed by atoms with Gasteiger partial charge in [-0.1, -0.05) is 0 Å². The van der Waals surface area contributed by atoms with Gasteiger partial charge in [0.05, 0.1) is 25.3 Å². The van der Waals surface area contributed by atoms with E-state index in [1.807, 2.05) is 31.2 Å². The lowest BCUT2D eigenvalue weighted by molar-refractivity contribution is 0.415. The molecule has 0 saturated carbocycles. The molecule has 0 amide bonds. The summed E-state index contributed by atoms with van der Waals surface area (Å²) in [4.78, 5) is 7.51. The van der Waals surface area contributed by atoms with E-state index in [4.69, 9.17) is 10.00 Å². The summed E-state index contributed by atoms with van der Waals surface area (Å²) in [5, 5.41) is 8.63. The minimum Gasteiger partial charge on any atom is -0.497 e. The van der Waals surface area contributed by atoms with Crippen molar-refractivity contribution in [3.05, 3.63) is 35.8 Å². The molecule has 0 unspecified atom stereocenters. The van der Waals surface area contributed by atoms with E-state index in [0.29, 0.717) is 12.2 Å². The molecule has 0 fully saturated rings. The van der Waals surface area contributed by atoms with E-state index in [2.05, 4.69) is 16.0 Å². The number of ether oxygens (including phenoxy) is 1. The molecule has 0 atom stereocenters. The molecule has 0 saturated heterocycles. The summed E-state index contributed by atoms with van der Waals surface area (Å²) in [5.41, 5.74) is 2.88. The van der Waals surface area contributed by atoms with E-state index in [-0.39, 0.29) is 0 Å². The molecule has 1 aromatic heterocycles. The second-order valence-electron chi connectivity index (χ2n) is 3.72. The van der Waals surface area contributed by atoms with Crippen LogP contribution in [0.3, 0.4) is 0 Å². The Morgan fingerprint density at radius 1 is 1.35 bits per heavy atom. The van der Waals surface area contributed by atoms with Crippen molar-refractivity contribution in [1.82, 2.24) is 9.97 Å². The fourth-order valence-electron chi connectivity index (χ4n) is 1.71. The Morgan fingerprint density at radius 3 is 2.65 bits per heavy atom. The Bertz CT molecular complexity index is 549. The molecule has 1 aromatic carbocycles. The quantitative estimate of drug-likeness (QED) is 0.876. The molecular formula is C13H13N3O. The van der Waals surface area contributed by atoms with Gasteiger partial charge in [0.1, 0.15) is 11.6 Å². The smallest absolute Gasteiger partial charge is 0.121 e. The molecule has 0 radical (unpaired) electrons. The number of nitrogens with one attached hydrogen (secondary N) is 1. The van der Waals surface area contributed by atoms with Crippen molar-refractivity contribution in [2.24, 2.45) is 0 Å². The molecule has 1 heterocycles. The van der Waals surface area contributed by atoms with Gasteiger partial charge in [0.15, 0.2) is 0 Å². The molecular weight excluding hydrogens is 214 g/mol. The first-order valence-corrected chi connectivity index (χ1v) is 5.31. The SMILES string of the molecule is COc1ccc(-c2nc(CC#N)[nH]c2C)cc1. The predicted molar refractivity (Wildman–Crippen MR) is 64.6 cm³/mol. The topological polar surface area (TPSA) is 61.7 Å². The number of nitriles is 1. The van der Waals surface area contributed by atoms with Gasteiger partial charge in [-0.3, -0.25) is 0 Å². The van der Waals surface area contributed by atoms with Crippen molar-refractivity contribution in [2.45, 2.75) is 13.3 Å². The second-order valence-corrected chi connectivity index (χ2v) is 3.72. The summed E-state index contributed by atoms with van der Waals surface area (Å²) in [6, 6.07) is 9.79. The van der Waals surface area contributed by atoms with Gasteiger partial charge in [-0.25, -0.2) is 4.98 Å². The van der Waals surface area contributed by atoms with Gasteiger partial charge >= 0.3 is 0 Å². The number of aryl methyl sites for hydroxylation is 1. The Kier molecular flexibility index (Phi) is 3.10. The van der Waals surface area contributed by atoms with Crippen molar-refractivity contribution in [2.75, 3.05) is 7.11 Å². The summed E-state index contributed by atoms with van der Waals surface area (Å²) in [7, 11) is 1.64. The molecule has 0 spiro atoms. The second kappa shape index (κ2) is 4.71. The third-order valence-electron chi connectivity index (χ3n) is 2.54. The van der Waals surface area contributed by atoms with Crippen molar-refractivity contribution in [1.29, 1.82) is 5.26 Å². The number of methoxy groups -OCH3 is 1. The molecule has 0 aliphatic heterocycles. The fraction of sp³-hybridized carbons (Fsp3) is 0.231. The lowest BCUT2D eigenvalue weighted by atomic mass is 10.1. The van der Waals surface area contributed by atoms with Gasteiger partial charge in [0.2, 0.25) is 0 Å². The number of hydrogen-bond acceptors (Lipinski definition) is 3. The predicted octanol–water partition coefficient (Wildman–Crippen LogP) is 2.46. The Morgan fingerprint density at radius 2 is 2.06 bits per heavy atom. The first-order valence-electron chi connectivity index (χ1n) is 5.31. The van der Waals surface area contributed by atoms with Crippen LogP contribution >= 0.6 is 0 Å². The van der Waals surface area contributed by atoms with Crippen LogP contribution in [0.25, 0.3) is 11.3 Å². The van der Waals surface area contributed by atoms with Crippen LogP contribution in [0.4, 0.5) is 0 Å². The first-order chi connectivity index (χ1) is 8.24. The molecule has 4 heteroatoms. The van der Waals surface area contributed by atoms with Gasteiger partial charge in [-0.2, -0.15) is 5.26 Å². The summed E-state index contributed by atoms with van der Waals surface area (Å²) in [6.45, 7) is 1.95. The van der Waals surface area contributed by atoms with Crippen LogP contribution < -0.4 is 4.74 Å². The average molecular weight is 227 g/mol. The zero-order valence-electron chi connectivity index (χ0n) is 9.82. The number of H-pyrrole nitrogens is 1. The van der Waals surface area contributed by atoms with Crippen LogP contribution in [0.1, 0.15) is 11.5 Å². The molecule has 2 rings (SSSR count). The van der Waals surface area contributed by atoms with Crippen LogP contribution in [0, 0.1) is 18.3 Å². The zero-order chi connectivity index (χ0) is 12.3. The normalized spacial score (nSPS) is 9.94. The van der Waals surface area contributed by atoms with E-state index >= 15 is 0 Å². The van der Waals surface area contributed by atoms with Gasteiger partial charge in [-0.05, 0) is 31.2 Å². The Balaban J connectivity index is 2.35. The number of rotatable bonds is 3. The number of benzene rings is 1. The highest BCUT2D eigenvalue weighted by molar-refractivity contribution is 5.62. The van der Waals surface area contributed by atoms with E-state index in [1.165, 1.54) is 0 Å². The van der Waals surface area contributed by atoms with Crippen LogP contribution in [-0.2, 0) is 6.42 Å². The molecule has 0 aliphatic rings. The summed E-state index contributed by atoms with van der Waals surface area (Å²) < 4.78 is 5.11. The first kappa shape index (κ1) is 11.2. The van der Waals surface area contributed by atoms with Crippen LogP contribution in [0.2, 0.25) is 0 Å². The van der Waals surface area contributed by atoms with Crippen LogP contribution in [-0.4, -0.2) is 17.1 Å². The summed E-state index contributed by atoms with van der Waals surface area (Å²) in [6.07, 6.45) is 0.303. The van der Waals surface area contributed by atoms with E-state index < -0.39 is 0 Å². The minimum atomic E-state index is 0.303. The number of aromatic nitrogens is 2. The molecule has 4 nitrogen and oxygen atoms in total. The maximum atomic E-state index is 8.63. The zero-order valence-corrected chi connectivity index (χ0v) is 9.82. The average Bonchev–Trinajstić information content (AvgIpc) is 2.71. The minimum absolute atomic E-state index is 0.303. The maximum Gasteiger partial charge on any atom is 0.121 e. The molecule has 0 bridgehead atoms. The van der Waals surface area contributed by atoms with Crippen molar-refractivity contribution >= 4 is 0 Å². The van der Waals surface area contributed by atoms with Crippen LogP contribution in [0.5, 0.6) is 5.75 Å². The Hall–Kier alpha value is -2.28. The number of aromatic amines is 1. The molecule has 2 aromatic rings. The number of imidazole rings is 1. The largest absolute Gasteiger partial charge is 0.497 e. The third-order valence-corrected chi connectivity index (χ3v) is 2.54. The van der Waals surface area contributed by atoms with E-state index in [0.717, 1.165) is 22.7 Å². The summed E-state index contributed by atoms with van der Waals surface area (Å²) >= 11 is 0. The Labute approximate surface area is 99.9 Å². The lowest BCUT2D eigenvalue weighted by Crippen LogP contribution is -1.85. The van der Waals surface area contributed by atoms with E-state index in [9.17, 15) is 0 Å². The number of nitrogens with zero attached hydrogens (tertiary/aromatic N) is 2. The highest BCUT2D eigenvalue weighted by atomic mass is 16.5. The van der Waals surface area contributed by atoms with Crippen molar-refractivity contribution < 1.29 is 4.74 Å². The van der Waals surface area contributed by atoms with E-state index in [1.54, 1.807) is 7.11 Å². The standard InChI is InChI=1S/C13H13N3O/c1-9-13(16-12(15-9)7-8-14)10-3-5-11(17-2)6-4-10/h3-6H,7H2,1-2H3,(H,15,16). The molecule has 0 aliphatic carbocycles. The number of hydrogen-bond donors (Lipinski definition) is 1. The van der Waals surface area contributed by atoms with Gasteiger partial charge in [-0.15, -0.1) is 0 Å². The molecule has 86 valence electrons. The maximum absolute atomic E-state index is 8.63. The lowest BCUT2D eigenvalue weighted by Gasteiger charge is -2.01.